The molecule has 1 saturated carbocycles. The van der Waals surface area contributed by atoms with Crippen LogP contribution in [0.2, 0.25) is 0 Å². The van der Waals surface area contributed by atoms with Crippen LogP contribution in [0.5, 0.6) is 0 Å². The van der Waals surface area contributed by atoms with Gasteiger partial charge in [0, 0.05) is 24.9 Å². The first-order valence-corrected chi connectivity index (χ1v) is 7.43. The predicted molar refractivity (Wildman–Crippen MR) is 68.8 cm³/mol. The molecule has 0 radical (unpaired) electrons. The summed E-state index contributed by atoms with van der Waals surface area (Å²) >= 11 is 1.98. The third kappa shape index (κ3) is 2.38. The van der Waals surface area contributed by atoms with Gasteiger partial charge in [-0.3, -0.25) is 4.79 Å². The first kappa shape index (κ1) is 12.2. The van der Waals surface area contributed by atoms with Crippen molar-refractivity contribution >= 4 is 17.7 Å². The van der Waals surface area contributed by atoms with Gasteiger partial charge in [-0.05, 0) is 25.5 Å². The van der Waals surface area contributed by atoms with Gasteiger partial charge >= 0.3 is 0 Å². The van der Waals surface area contributed by atoms with E-state index in [2.05, 4.69) is 11.6 Å². The monoisotopic (exact) mass is 242 g/mol. The van der Waals surface area contributed by atoms with Crippen LogP contribution in [0.25, 0.3) is 0 Å². The van der Waals surface area contributed by atoms with Crippen LogP contribution in [0.15, 0.2) is 0 Å². The van der Waals surface area contributed by atoms with Gasteiger partial charge in [0.2, 0.25) is 5.91 Å². The van der Waals surface area contributed by atoms with Crippen molar-refractivity contribution in [3.05, 3.63) is 0 Å². The minimum absolute atomic E-state index is 0.0784. The Labute approximate surface area is 102 Å². The van der Waals surface area contributed by atoms with Crippen molar-refractivity contribution in [2.45, 2.75) is 42.9 Å². The van der Waals surface area contributed by atoms with Crippen LogP contribution in [0.3, 0.4) is 0 Å². The predicted octanol–water partition coefficient (Wildman–Crippen LogP) is 1.48. The second-order valence-electron chi connectivity index (χ2n) is 5.08. The molecule has 1 saturated heterocycles. The van der Waals surface area contributed by atoms with Gasteiger partial charge in [-0.2, -0.15) is 11.8 Å². The molecule has 1 aliphatic carbocycles. The second kappa shape index (κ2) is 4.96. The number of amides is 1. The van der Waals surface area contributed by atoms with Crippen LogP contribution in [-0.4, -0.2) is 48.0 Å². The lowest BCUT2D eigenvalue weighted by atomic mass is 10.1. The lowest BCUT2D eigenvalue weighted by Gasteiger charge is -2.28. The summed E-state index contributed by atoms with van der Waals surface area (Å²) in [6.07, 6.45) is 8.48. The molecule has 1 N–H and O–H groups in total. The number of nitrogens with one attached hydrogen (secondary N) is 1. The Hall–Kier alpha value is -0.220. The quantitative estimate of drug-likeness (QED) is 0.810. The van der Waals surface area contributed by atoms with E-state index >= 15 is 0 Å². The minimum atomic E-state index is 0.0784. The van der Waals surface area contributed by atoms with Crippen molar-refractivity contribution in [3.8, 4) is 0 Å². The molecule has 3 nitrogen and oxygen atoms in total. The number of carbonyl (C=O) groups is 1. The maximum absolute atomic E-state index is 11.8. The number of hydrogen-bond donors (Lipinski definition) is 1. The number of likely N-dealkylation sites (N-methyl/N-ethyl adjacent to an activating group) is 1. The summed E-state index contributed by atoms with van der Waals surface area (Å²) in [5.74, 6) is 0.272. The molecule has 2 rings (SSSR count). The molecule has 1 amide bonds. The highest BCUT2D eigenvalue weighted by molar-refractivity contribution is 8.00. The number of likely N-dealkylation sites (tertiary alicyclic amines) is 1. The van der Waals surface area contributed by atoms with Gasteiger partial charge in [0.15, 0.2) is 0 Å². The summed E-state index contributed by atoms with van der Waals surface area (Å²) in [6, 6.07) is 0.0784. The Bertz CT molecular complexity index is 264. The van der Waals surface area contributed by atoms with E-state index in [1.807, 2.05) is 23.7 Å². The highest BCUT2D eigenvalue weighted by Gasteiger charge is 2.35. The molecule has 0 spiro atoms. The molecule has 2 fully saturated rings. The number of thioether (sulfide) groups is 1. The molecule has 0 aromatic rings. The van der Waals surface area contributed by atoms with E-state index in [9.17, 15) is 4.79 Å². The lowest BCUT2D eigenvalue weighted by Crippen LogP contribution is -2.44. The first-order valence-electron chi connectivity index (χ1n) is 6.20. The van der Waals surface area contributed by atoms with Crippen molar-refractivity contribution in [1.29, 1.82) is 0 Å². The van der Waals surface area contributed by atoms with Gasteiger partial charge in [-0.1, -0.05) is 12.8 Å². The smallest absolute Gasteiger partial charge is 0.239 e. The van der Waals surface area contributed by atoms with Crippen molar-refractivity contribution < 1.29 is 4.79 Å². The van der Waals surface area contributed by atoms with E-state index in [1.54, 1.807) is 0 Å². The molecule has 1 atom stereocenters. The first-order chi connectivity index (χ1) is 7.67. The van der Waals surface area contributed by atoms with E-state index in [0.29, 0.717) is 4.75 Å². The highest BCUT2D eigenvalue weighted by Crippen LogP contribution is 2.39. The standard InChI is InChI=1S/C12H22N2OS/c1-14-8-5-10(11(14)15)13-9-12(16-2)6-3-4-7-12/h10,13H,3-9H2,1-2H3. The second-order valence-corrected chi connectivity index (χ2v) is 6.35. The number of hydrogen-bond acceptors (Lipinski definition) is 3. The maximum Gasteiger partial charge on any atom is 0.239 e. The third-order valence-electron chi connectivity index (χ3n) is 4.05. The molecule has 92 valence electrons. The Morgan fingerprint density at radius 2 is 2.19 bits per heavy atom. The number of carbonyl (C=O) groups excluding carboxylic acids is 1. The molecular formula is C12H22N2OS. The van der Waals surface area contributed by atoms with E-state index < -0.39 is 0 Å². The summed E-state index contributed by atoms with van der Waals surface area (Å²) in [7, 11) is 1.89. The molecule has 1 aliphatic heterocycles. The van der Waals surface area contributed by atoms with E-state index in [0.717, 1.165) is 19.5 Å². The lowest BCUT2D eigenvalue weighted by molar-refractivity contribution is -0.128. The van der Waals surface area contributed by atoms with Crippen molar-refractivity contribution in [1.82, 2.24) is 10.2 Å². The van der Waals surface area contributed by atoms with Crippen LogP contribution in [-0.2, 0) is 4.79 Å². The molecule has 0 aromatic heterocycles. The Kier molecular flexibility index (Phi) is 3.80. The third-order valence-corrected chi connectivity index (χ3v) is 5.46. The topological polar surface area (TPSA) is 32.3 Å². The van der Waals surface area contributed by atoms with Gasteiger partial charge in [0.05, 0.1) is 6.04 Å². The van der Waals surface area contributed by atoms with Gasteiger partial charge in [-0.15, -0.1) is 0 Å². The number of rotatable bonds is 4. The van der Waals surface area contributed by atoms with Gasteiger partial charge in [0.25, 0.3) is 0 Å². The molecule has 2 aliphatic rings. The van der Waals surface area contributed by atoms with Gasteiger partial charge in [-0.25, -0.2) is 0 Å². The summed E-state index contributed by atoms with van der Waals surface area (Å²) in [6.45, 7) is 1.90. The van der Waals surface area contributed by atoms with Crippen molar-refractivity contribution in [2.24, 2.45) is 0 Å². The zero-order valence-corrected chi connectivity index (χ0v) is 11.1. The van der Waals surface area contributed by atoms with Crippen LogP contribution >= 0.6 is 11.8 Å². The van der Waals surface area contributed by atoms with E-state index in [-0.39, 0.29) is 11.9 Å². The summed E-state index contributed by atoms with van der Waals surface area (Å²) in [4.78, 5) is 13.6. The highest BCUT2D eigenvalue weighted by atomic mass is 32.2. The fourth-order valence-electron chi connectivity index (χ4n) is 2.79. The normalized spacial score (nSPS) is 29.0. The van der Waals surface area contributed by atoms with Gasteiger partial charge < -0.3 is 10.2 Å². The van der Waals surface area contributed by atoms with Gasteiger partial charge in [0.1, 0.15) is 0 Å². The van der Waals surface area contributed by atoms with E-state index in [1.165, 1.54) is 25.7 Å². The molecule has 1 unspecified atom stereocenters. The Morgan fingerprint density at radius 3 is 2.69 bits per heavy atom. The molecule has 0 aromatic carbocycles. The van der Waals surface area contributed by atoms with E-state index in [4.69, 9.17) is 0 Å². The zero-order valence-electron chi connectivity index (χ0n) is 10.3. The molecular weight excluding hydrogens is 220 g/mol. The van der Waals surface area contributed by atoms with Crippen LogP contribution in [0.4, 0.5) is 0 Å². The molecule has 16 heavy (non-hydrogen) atoms. The maximum atomic E-state index is 11.8. The zero-order chi connectivity index (χ0) is 11.6. The van der Waals surface area contributed by atoms with Crippen molar-refractivity contribution in [2.75, 3.05) is 26.4 Å². The largest absolute Gasteiger partial charge is 0.344 e. The Balaban J connectivity index is 1.84. The van der Waals surface area contributed by atoms with Crippen LogP contribution in [0, 0.1) is 0 Å². The van der Waals surface area contributed by atoms with Crippen molar-refractivity contribution in [3.63, 3.8) is 0 Å². The molecule has 4 heteroatoms. The fourth-order valence-corrected chi connectivity index (χ4v) is 3.72. The summed E-state index contributed by atoms with van der Waals surface area (Å²) in [5, 5.41) is 3.48. The molecule has 0 bridgehead atoms. The SMILES string of the molecule is CSC1(CNC2CCN(C)C2=O)CCCC1. The summed E-state index contributed by atoms with van der Waals surface area (Å²) < 4.78 is 0.404. The summed E-state index contributed by atoms with van der Waals surface area (Å²) in [5.41, 5.74) is 0. The average molecular weight is 242 g/mol. The van der Waals surface area contributed by atoms with Crippen LogP contribution < -0.4 is 5.32 Å². The minimum Gasteiger partial charge on any atom is -0.344 e. The Morgan fingerprint density at radius 1 is 1.50 bits per heavy atom. The fraction of sp³-hybridized carbons (Fsp3) is 0.917. The average Bonchev–Trinajstić information content (AvgIpc) is 2.87. The molecule has 1 heterocycles. The van der Waals surface area contributed by atoms with Crippen LogP contribution in [0.1, 0.15) is 32.1 Å². The number of nitrogens with zero attached hydrogens (tertiary/aromatic N) is 1.